The van der Waals surface area contributed by atoms with Crippen LogP contribution in [0.15, 0.2) is 60.9 Å². The van der Waals surface area contributed by atoms with Crippen LogP contribution in [0.2, 0.25) is 0 Å². The van der Waals surface area contributed by atoms with Gasteiger partial charge in [0.25, 0.3) is 5.91 Å². The van der Waals surface area contributed by atoms with Crippen molar-refractivity contribution in [3.05, 3.63) is 101 Å². The van der Waals surface area contributed by atoms with E-state index in [9.17, 15) is 18.8 Å². The summed E-state index contributed by atoms with van der Waals surface area (Å²) in [6.45, 7) is 3.90. The van der Waals surface area contributed by atoms with Crippen LogP contribution in [0.25, 0.3) is 22.2 Å². The lowest BCUT2D eigenvalue weighted by atomic mass is 10.0. The van der Waals surface area contributed by atoms with Gasteiger partial charge in [-0.2, -0.15) is 10.4 Å². The molecule has 0 fully saturated rings. The van der Waals surface area contributed by atoms with Crippen molar-refractivity contribution < 1.29 is 13.6 Å². The third-order valence-corrected chi connectivity index (χ3v) is 6.24. The number of amides is 1. The standard InChI is InChI=1S/C28H22F2N8O/c1-15(19-7-8-23(29)24(30)10-19)35-28(39)25-27(34-14-21(11-31)36-25)32-12-17-3-5-18(6-4-17)20-9-22-16(2)37-38-26(22)33-13-20/h3-10,13-15H,12H2,1-2H3,(H,32,34)(H,35,39)(H,33,37,38). The summed E-state index contributed by atoms with van der Waals surface area (Å²) in [5, 5.41) is 23.1. The molecule has 3 aromatic heterocycles. The molecule has 2 aromatic carbocycles. The van der Waals surface area contributed by atoms with Crippen LogP contribution in [0.5, 0.6) is 0 Å². The van der Waals surface area contributed by atoms with E-state index < -0.39 is 23.6 Å². The number of aryl methyl sites for hydroxylation is 1. The zero-order chi connectivity index (χ0) is 27.5. The number of nitriles is 1. The molecule has 1 unspecified atom stereocenters. The maximum atomic E-state index is 13.6. The van der Waals surface area contributed by atoms with Crippen LogP contribution < -0.4 is 10.6 Å². The first-order valence-electron chi connectivity index (χ1n) is 12.0. The maximum absolute atomic E-state index is 13.6. The number of aromatic nitrogens is 5. The minimum absolute atomic E-state index is 0.0334. The highest BCUT2D eigenvalue weighted by Gasteiger charge is 2.19. The number of halogens is 2. The van der Waals surface area contributed by atoms with Gasteiger partial charge in [0.2, 0.25) is 0 Å². The summed E-state index contributed by atoms with van der Waals surface area (Å²) in [5.41, 5.74) is 4.72. The number of nitrogens with one attached hydrogen (secondary N) is 3. The molecule has 11 heteroatoms. The first kappa shape index (κ1) is 25.4. The summed E-state index contributed by atoms with van der Waals surface area (Å²) in [7, 11) is 0. The number of anilines is 1. The Hall–Kier alpha value is -5.24. The lowest BCUT2D eigenvalue weighted by Crippen LogP contribution is -2.29. The van der Waals surface area contributed by atoms with Crippen molar-refractivity contribution in [3.63, 3.8) is 0 Å². The van der Waals surface area contributed by atoms with Crippen LogP contribution in [0.1, 0.15) is 46.0 Å². The Kier molecular flexibility index (Phi) is 6.93. The summed E-state index contributed by atoms with van der Waals surface area (Å²) in [6.07, 6.45) is 3.04. The van der Waals surface area contributed by atoms with Gasteiger partial charge >= 0.3 is 0 Å². The summed E-state index contributed by atoms with van der Waals surface area (Å²) < 4.78 is 26.9. The maximum Gasteiger partial charge on any atom is 0.274 e. The molecular weight excluding hydrogens is 502 g/mol. The van der Waals surface area contributed by atoms with Gasteiger partial charge in [0.1, 0.15) is 6.07 Å². The fraction of sp³-hybridized carbons (Fsp3) is 0.143. The molecule has 3 N–H and O–H groups in total. The number of rotatable bonds is 7. The molecule has 0 saturated carbocycles. The second-order valence-corrected chi connectivity index (χ2v) is 8.93. The lowest BCUT2D eigenvalue weighted by molar-refractivity contribution is 0.0935. The van der Waals surface area contributed by atoms with E-state index >= 15 is 0 Å². The van der Waals surface area contributed by atoms with Gasteiger partial charge in [0.05, 0.1) is 12.2 Å². The van der Waals surface area contributed by atoms with Gasteiger partial charge in [0, 0.05) is 29.4 Å². The van der Waals surface area contributed by atoms with Crippen molar-refractivity contribution >= 4 is 22.8 Å². The molecule has 0 saturated heterocycles. The average molecular weight is 525 g/mol. The van der Waals surface area contributed by atoms with Crippen LogP contribution in [0.3, 0.4) is 0 Å². The zero-order valence-corrected chi connectivity index (χ0v) is 21.0. The number of fused-ring (bicyclic) bond motifs is 1. The summed E-state index contributed by atoms with van der Waals surface area (Å²) in [6, 6.07) is 14.5. The number of carbonyl (C=O) groups is 1. The molecule has 1 atom stereocenters. The molecule has 194 valence electrons. The molecule has 0 bridgehead atoms. The largest absolute Gasteiger partial charge is 0.364 e. The number of aromatic amines is 1. The quantitative estimate of drug-likeness (QED) is 0.274. The third-order valence-electron chi connectivity index (χ3n) is 6.24. The lowest BCUT2D eigenvalue weighted by Gasteiger charge is -2.16. The average Bonchev–Trinajstić information content (AvgIpc) is 3.33. The van der Waals surface area contributed by atoms with Crippen molar-refractivity contribution in [2.75, 3.05) is 5.32 Å². The number of carbonyl (C=O) groups excluding carboxylic acids is 1. The van der Waals surface area contributed by atoms with Crippen LogP contribution in [-0.2, 0) is 6.54 Å². The van der Waals surface area contributed by atoms with Crippen LogP contribution >= 0.6 is 0 Å². The van der Waals surface area contributed by atoms with Gasteiger partial charge in [-0.15, -0.1) is 0 Å². The highest BCUT2D eigenvalue weighted by atomic mass is 19.2. The monoisotopic (exact) mass is 524 g/mol. The van der Waals surface area contributed by atoms with Gasteiger partial charge in [-0.25, -0.2) is 23.7 Å². The number of H-pyrrole nitrogens is 1. The minimum atomic E-state index is -1.01. The fourth-order valence-corrected chi connectivity index (χ4v) is 4.04. The predicted molar refractivity (Wildman–Crippen MR) is 140 cm³/mol. The van der Waals surface area contributed by atoms with Gasteiger partial charge in [-0.05, 0) is 48.7 Å². The van der Waals surface area contributed by atoms with Gasteiger partial charge in [0.15, 0.2) is 34.5 Å². The van der Waals surface area contributed by atoms with E-state index in [1.165, 1.54) is 12.3 Å². The molecule has 0 radical (unpaired) electrons. The molecule has 3 heterocycles. The summed E-state index contributed by atoms with van der Waals surface area (Å²) >= 11 is 0. The van der Waals surface area contributed by atoms with Crippen molar-refractivity contribution in [2.24, 2.45) is 0 Å². The Balaban J connectivity index is 1.31. The Morgan fingerprint density at radius 2 is 1.85 bits per heavy atom. The van der Waals surface area contributed by atoms with Crippen LogP contribution in [0, 0.1) is 29.9 Å². The molecule has 0 spiro atoms. The number of pyridine rings is 1. The van der Waals surface area contributed by atoms with E-state index in [1.807, 2.05) is 43.3 Å². The Labute approximate surface area is 222 Å². The van der Waals surface area contributed by atoms with Gasteiger partial charge in [-0.3, -0.25) is 9.89 Å². The minimum Gasteiger partial charge on any atom is -0.364 e. The molecule has 9 nitrogen and oxygen atoms in total. The SMILES string of the molecule is Cc1[nH]nc2ncc(-c3ccc(CNc4ncc(C#N)nc4C(=O)NC(C)c4ccc(F)c(F)c4)cc3)cc12. The molecule has 1 amide bonds. The Bertz CT molecular complexity index is 1730. The number of hydrogen-bond acceptors (Lipinski definition) is 7. The second kappa shape index (κ2) is 10.6. The highest BCUT2D eigenvalue weighted by molar-refractivity contribution is 5.97. The molecule has 39 heavy (non-hydrogen) atoms. The van der Waals surface area contributed by atoms with Crippen LogP contribution in [-0.4, -0.2) is 31.1 Å². The van der Waals surface area contributed by atoms with Crippen molar-refractivity contribution in [2.45, 2.75) is 26.4 Å². The summed E-state index contributed by atoms with van der Waals surface area (Å²) in [5.74, 6) is -2.43. The molecule has 5 aromatic rings. The topological polar surface area (TPSA) is 132 Å². The zero-order valence-electron chi connectivity index (χ0n) is 21.0. The van der Waals surface area contributed by atoms with Gasteiger partial charge < -0.3 is 10.6 Å². The van der Waals surface area contributed by atoms with Crippen LogP contribution in [0.4, 0.5) is 14.6 Å². The molecule has 0 aliphatic carbocycles. The van der Waals surface area contributed by atoms with Crippen molar-refractivity contribution in [1.29, 1.82) is 5.26 Å². The number of benzene rings is 2. The number of hydrogen-bond donors (Lipinski definition) is 3. The molecular formula is C28H22F2N8O. The van der Waals surface area contributed by atoms with Crippen molar-refractivity contribution in [3.8, 4) is 17.2 Å². The molecule has 5 rings (SSSR count). The first-order chi connectivity index (χ1) is 18.8. The van der Waals surface area contributed by atoms with Crippen molar-refractivity contribution in [1.82, 2.24) is 30.5 Å². The van der Waals surface area contributed by atoms with Gasteiger partial charge in [-0.1, -0.05) is 30.3 Å². The first-order valence-corrected chi connectivity index (χ1v) is 12.0. The van der Waals surface area contributed by atoms with E-state index in [-0.39, 0.29) is 17.2 Å². The third kappa shape index (κ3) is 5.40. The molecule has 0 aliphatic rings. The van der Waals surface area contributed by atoms with E-state index in [0.29, 0.717) is 17.8 Å². The molecule has 0 aliphatic heterocycles. The Morgan fingerprint density at radius 1 is 1.05 bits per heavy atom. The van der Waals surface area contributed by atoms with E-state index in [1.54, 1.807) is 13.1 Å². The second-order valence-electron chi connectivity index (χ2n) is 8.93. The Morgan fingerprint density at radius 3 is 2.59 bits per heavy atom. The smallest absolute Gasteiger partial charge is 0.274 e. The number of nitrogens with zero attached hydrogens (tertiary/aromatic N) is 5. The highest BCUT2D eigenvalue weighted by Crippen LogP contribution is 2.24. The van der Waals surface area contributed by atoms with E-state index in [0.717, 1.165) is 39.9 Å². The van der Waals surface area contributed by atoms with E-state index in [2.05, 4.69) is 35.8 Å². The summed E-state index contributed by atoms with van der Waals surface area (Å²) in [4.78, 5) is 25.8. The predicted octanol–water partition coefficient (Wildman–Crippen LogP) is 4.98. The fourth-order valence-electron chi connectivity index (χ4n) is 4.04. The normalized spacial score (nSPS) is 11.7. The van der Waals surface area contributed by atoms with E-state index in [4.69, 9.17) is 0 Å².